The van der Waals surface area contributed by atoms with Gasteiger partial charge in [-0.15, -0.1) is 0 Å². The molecule has 170 valence electrons. The maximum absolute atomic E-state index is 13.1. The van der Waals surface area contributed by atoms with Gasteiger partial charge < -0.3 is 20.5 Å². The number of carbonyl (C=O) groups is 2. The molecule has 0 saturated carbocycles. The van der Waals surface area contributed by atoms with Gasteiger partial charge in [0, 0.05) is 11.4 Å². The molecular formula is C20H16Cl2F3N3O4. The van der Waals surface area contributed by atoms with Crippen molar-refractivity contribution in [3.63, 3.8) is 0 Å². The highest BCUT2D eigenvalue weighted by Crippen LogP contribution is 2.33. The molecule has 2 aromatic carbocycles. The minimum absolute atomic E-state index is 0.238. The Balaban J connectivity index is 2.03. The van der Waals surface area contributed by atoms with E-state index in [-0.39, 0.29) is 11.4 Å². The van der Waals surface area contributed by atoms with Crippen molar-refractivity contribution < 1.29 is 32.6 Å². The highest BCUT2D eigenvalue weighted by Gasteiger charge is 2.35. The molecule has 0 heterocycles. The minimum Gasteiger partial charge on any atom is -0.490 e. The Morgan fingerprint density at radius 1 is 1.12 bits per heavy atom. The molecule has 2 amide bonds. The zero-order valence-corrected chi connectivity index (χ0v) is 17.8. The summed E-state index contributed by atoms with van der Waals surface area (Å²) in [5.74, 6) is -1.41. The van der Waals surface area contributed by atoms with Gasteiger partial charge in [0.1, 0.15) is 12.4 Å². The van der Waals surface area contributed by atoms with Crippen molar-refractivity contribution in [3.05, 3.63) is 53.6 Å². The number of rotatable bonds is 7. The summed E-state index contributed by atoms with van der Waals surface area (Å²) in [6.45, 7) is 0.588. The monoisotopic (exact) mass is 489 g/mol. The third-order valence-electron chi connectivity index (χ3n) is 4.03. The van der Waals surface area contributed by atoms with Crippen LogP contribution in [0.1, 0.15) is 18.1 Å². The molecule has 0 aliphatic carbocycles. The fourth-order valence-corrected chi connectivity index (χ4v) is 2.45. The van der Waals surface area contributed by atoms with Crippen molar-refractivity contribution in [1.82, 2.24) is 0 Å². The van der Waals surface area contributed by atoms with Crippen molar-refractivity contribution in [2.75, 3.05) is 17.2 Å². The lowest BCUT2D eigenvalue weighted by molar-refractivity contribution is -0.138. The van der Waals surface area contributed by atoms with E-state index in [1.54, 1.807) is 0 Å². The molecule has 0 aromatic heterocycles. The summed E-state index contributed by atoms with van der Waals surface area (Å²) in [5.41, 5.74) is -3.80. The van der Waals surface area contributed by atoms with Gasteiger partial charge in [0.05, 0.1) is 17.2 Å². The van der Waals surface area contributed by atoms with Gasteiger partial charge in [-0.05, 0) is 49.4 Å². The van der Waals surface area contributed by atoms with Crippen LogP contribution in [0.5, 0.6) is 5.75 Å². The number of hydrogen-bond donors (Lipinski definition) is 3. The molecule has 7 nitrogen and oxygen atoms in total. The van der Waals surface area contributed by atoms with Crippen LogP contribution in [0.15, 0.2) is 42.5 Å². The predicted molar refractivity (Wildman–Crippen MR) is 111 cm³/mol. The third-order valence-corrected chi connectivity index (χ3v) is 4.43. The summed E-state index contributed by atoms with van der Waals surface area (Å²) >= 11 is 10.9. The number of benzene rings is 2. The lowest BCUT2D eigenvalue weighted by Gasteiger charge is -2.23. The van der Waals surface area contributed by atoms with Crippen molar-refractivity contribution in [2.45, 2.75) is 23.5 Å². The van der Waals surface area contributed by atoms with Gasteiger partial charge in [-0.2, -0.15) is 18.4 Å². The number of anilines is 2. The van der Waals surface area contributed by atoms with E-state index in [0.29, 0.717) is 11.8 Å². The van der Waals surface area contributed by atoms with Crippen LogP contribution in [0.2, 0.25) is 0 Å². The second kappa shape index (κ2) is 10.1. The number of ether oxygens (including phenoxy) is 1. The quantitative estimate of drug-likeness (QED) is 0.507. The molecule has 2 aromatic rings. The third kappa shape index (κ3) is 6.75. The molecule has 3 N–H and O–H groups in total. The standard InChI is InChI=1S/C20H16Cl2F3N3O4/c1-19(31,10-32-14-6-4-12(5-7-14)27-17(29)16(21)22)18(30)28-13-3-2-11(9-26)15(8-13)20(23,24)25/h2-8,16,31H,10H2,1H3,(H,27,29)(H,28,30)/t19-/m0/s1. The van der Waals surface area contributed by atoms with Crippen LogP contribution in [0, 0.1) is 11.3 Å². The second-order valence-electron chi connectivity index (χ2n) is 6.70. The van der Waals surface area contributed by atoms with Crippen LogP contribution in [0.3, 0.4) is 0 Å². The first kappa shape index (κ1) is 25.3. The maximum Gasteiger partial charge on any atom is 0.417 e. The summed E-state index contributed by atoms with van der Waals surface area (Å²) in [4.78, 5) is 22.5. The highest BCUT2D eigenvalue weighted by molar-refractivity contribution is 6.54. The number of alkyl halides is 5. The number of nitrogens with one attached hydrogen (secondary N) is 2. The molecule has 0 saturated heterocycles. The number of nitrogens with zero attached hydrogens (tertiary/aromatic N) is 1. The number of halogens is 5. The Bertz CT molecular complexity index is 1040. The molecule has 0 radical (unpaired) electrons. The Morgan fingerprint density at radius 3 is 2.25 bits per heavy atom. The van der Waals surface area contributed by atoms with Gasteiger partial charge in [0.2, 0.25) is 0 Å². The first-order valence-corrected chi connectivity index (χ1v) is 9.68. The van der Waals surface area contributed by atoms with Gasteiger partial charge in [-0.3, -0.25) is 9.59 Å². The minimum atomic E-state index is -4.79. The second-order valence-corrected chi connectivity index (χ2v) is 7.80. The number of amides is 2. The number of nitriles is 1. The molecule has 0 aliphatic heterocycles. The van der Waals surface area contributed by atoms with Gasteiger partial charge in [0.15, 0.2) is 10.4 Å². The summed E-state index contributed by atoms with van der Waals surface area (Å²) in [6.07, 6.45) is -4.79. The Morgan fingerprint density at radius 2 is 1.72 bits per heavy atom. The van der Waals surface area contributed by atoms with Crippen molar-refractivity contribution in [2.24, 2.45) is 0 Å². The predicted octanol–water partition coefficient (Wildman–Crippen LogP) is 4.09. The fraction of sp³-hybridized carbons (Fsp3) is 0.250. The number of aliphatic hydroxyl groups is 1. The van der Waals surface area contributed by atoms with Crippen LogP contribution in [-0.4, -0.2) is 34.0 Å². The van der Waals surface area contributed by atoms with E-state index in [1.165, 1.54) is 30.3 Å². The number of hydrogen-bond acceptors (Lipinski definition) is 5. The summed E-state index contributed by atoms with van der Waals surface area (Å²) in [7, 11) is 0. The Hall–Kier alpha value is -3.00. The Labute approximate surface area is 190 Å². The summed E-state index contributed by atoms with van der Waals surface area (Å²) in [6, 6.07) is 9.88. The molecule has 0 fully saturated rings. The molecule has 1 atom stereocenters. The first-order chi connectivity index (χ1) is 14.8. The molecule has 0 aliphatic rings. The SMILES string of the molecule is C[C@](O)(COc1ccc(NC(=O)C(Cl)Cl)cc1)C(=O)Nc1ccc(C#N)c(C(F)(F)F)c1. The zero-order valence-electron chi connectivity index (χ0n) is 16.3. The average Bonchev–Trinajstić information content (AvgIpc) is 2.72. The highest BCUT2D eigenvalue weighted by atomic mass is 35.5. The molecule has 0 unspecified atom stereocenters. The van der Waals surface area contributed by atoms with Gasteiger partial charge in [-0.1, -0.05) is 23.2 Å². The molecule has 0 bridgehead atoms. The van der Waals surface area contributed by atoms with Crippen LogP contribution >= 0.6 is 23.2 Å². The first-order valence-electron chi connectivity index (χ1n) is 8.80. The average molecular weight is 490 g/mol. The topological polar surface area (TPSA) is 111 Å². The van der Waals surface area contributed by atoms with Crippen LogP contribution in [-0.2, 0) is 15.8 Å². The fourth-order valence-electron chi connectivity index (χ4n) is 2.34. The van der Waals surface area contributed by atoms with E-state index in [0.717, 1.165) is 19.1 Å². The smallest absolute Gasteiger partial charge is 0.417 e. The van der Waals surface area contributed by atoms with Gasteiger partial charge in [0.25, 0.3) is 11.8 Å². The van der Waals surface area contributed by atoms with Crippen LogP contribution in [0.25, 0.3) is 0 Å². The molecule has 2 rings (SSSR count). The van der Waals surface area contributed by atoms with E-state index >= 15 is 0 Å². The van der Waals surface area contributed by atoms with Crippen LogP contribution < -0.4 is 15.4 Å². The lowest BCUT2D eigenvalue weighted by Crippen LogP contribution is -2.45. The normalized spacial score (nSPS) is 13.1. The van der Waals surface area contributed by atoms with Crippen molar-refractivity contribution >= 4 is 46.4 Å². The van der Waals surface area contributed by atoms with E-state index in [2.05, 4.69) is 10.6 Å². The lowest BCUT2D eigenvalue weighted by atomic mass is 10.1. The molecule has 0 spiro atoms. The zero-order chi connectivity index (χ0) is 24.1. The van der Waals surface area contributed by atoms with E-state index < -0.39 is 46.2 Å². The number of carbonyl (C=O) groups excluding carboxylic acids is 2. The van der Waals surface area contributed by atoms with Gasteiger partial charge in [-0.25, -0.2) is 0 Å². The summed E-state index contributed by atoms with van der Waals surface area (Å²) < 4.78 is 44.5. The Kier molecular flexibility index (Phi) is 7.96. The molecular weight excluding hydrogens is 474 g/mol. The van der Waals surface area contributed by atoms with E-state index in [1.807, 2.05) is 0 Å². The molecule has 32 heavy (non-hydrogen) atoms. The molecule has 12 heteroatoms. The van der Waals surface area contributed by atoms with E-state index in [4.69, 9.17) is 33.2 Å². The van der Waals surface area contributed by atoms with Crippen molar-refractivity contribution in [1.29, 1.82) is 5.26 Å². The maximum atomic E-state index is 13.1. The van der Waals surface area contributed by atoms with Crippen LogP contribution in [0.4, 0.5) is 24.5 Å². The summed E-state index contributed by atoms with van der Waals surface area (Å²) in [5, 5.41) is 23.8. The van der Waals surface area contributed by atoms with Gasteiger partial charge >= 0.3 is 6.18 Å². The van der Waals surface area contributed by atoms with Crippen molar-refractivity contribution in [3.8, 4) is 11.8 Å². The largest absolute Gasteiger partial charge is 0.490 e. The van der Waals surface area contributed by atoms with E-state index in [9.17, 15) is 27.9 Å².